The van der Waals surface area contributed by atoms with E-state index in [1.807, 2.05) is 13.8 Å². The monoisotopic (exact) mass is 399 g/mol. The molecule has 1 aliphatic rings. The van der Waals surface area contributed by atoms with Crippen LogP contribution in [-0.2, 0) is 20.0 Å². The van der Waals surface area contributed by atoms with Gasteiger partial charge in [-0.25, -0.2) is 16.8 Å². The van der Waals surface area contributed by atoms with Crippen molar-refractivity contribution >= 4 is 25.9 Å². The summed E-state index contributed by atoms with van der Waals surface area (Å²) in [7, 11) is -7.52. The fourth-order valence-corrected chi connectivity index (χ4v) is 5.88. The molecule has 2 atom stereocenters. The molecule has 2 aromatic rings. The van der Waals surface area contributed by atoms with Crippen molar-refractivity contribution in [3.63, 3.8) is 0 Å². The van der Waals surface area contributed by atoms with Gasteiger partial charge in [0.15, 0.2) is 5.82 Å². The minimum atomic E-state index is -3.87. The Bertz CT molecular complexity index is 944. The van der Waals surface area contributed by atoms with Gasteiger partial charge in [-0.3, -0.25) is 4.72 Å². The summed E-state index contributed by atoms with van der Waals surface area (Å²) in [5.74, 6) is 0.637. The van der Waals surface area contributed by atoms with Crippen LogP contribution in [0.1, 0.15) is 20.3 Å². The van der Waals surface area contributed by atoms with Crippen molar-refractivity contribution in [3.05, 3.63) is 36.6 Å². The fraction of sp³-hybridized carbons (Fsp3) is 0.438. The van der Waals surface area contributed by atoms with Crippen LogP contribution in [0.5, 0.6) is 0 Å². The van der Waals surface area contributed by atoms with E-state index in [1.54, 1.807) is 0 Å². The van der Waals surface area contributed by atoms with E-state index >= 15 is 0 Å². The number of hydrogen-bond donors (Lipinski definition) is 1. The first-order valence-corrected chi connectivity index (χ1v) is 11.1. The number of piperidine rings is 1. The molecule has 0 unspecified atom stereocenters. The predicted molar refractivity (Wildman–Crippen MR) is 95.5 cm³/mol. The van der Waals surface area contributed by atoms with Crippen LogP contribution in [0.25, 0.3) is 0 Å². The molecule has 26 heavy (non-hydrogen) atoms. The Morgan fingerprint density at radius 1 is 1.00 bits per heavy atom. The van der Waals surface area contributed by atoms with Crippen molar-refractivity contribution in [2.24, 2.45) is 11.8 Å². The van der Waals surface area contributed by atoms with Crippen molar-refractivity contribution in [3.8, 4) is 0 Å². The van der Waals surface area contributed by atoms with E-state index in [-0.39, 0.29) is 15.6 Å². The van der Waals surface area contributed by atoms with E-state index in [0.717, 1.165) is 6.42 Å². The summed E-state index contributed by atoms with van der Waals surface area (Å²) in [6, 6.07) is 6.54. The lowest BCUT2D eigenvalue weighted by molar-refractivity contribution is 0.222. The zero-order valence-electron chi connectivity index (χ0n) is 14.5. The number of anilines is 1. The highest BCUT2D eigenvalue weighted by Crippen LogP contribution is 2.27. The highest BCUT2D eigenvalue weighted by atomic mass is 32.2. The van der Waals surface area contributed by atoms with Crippen LogP contribution >= 0.6 is 0 Å². The third-order valence-electron chi connectivity index (χ3n) is 4.28. The van der Waals surface area contributed by atoms with Gasteiger partial charge in [0, 0.05) is 19.2 Å². The van der Waals surface area contributed by atoms with Gasteiger partial charge in [0.1, 0.15) is 6.26 Å². The smallest absolute Gasteiger partial charge is 0.263 e. The van der Waals surface area contributed by atoms with Gasteiger partial charge in [-0.15, -0.1) is 0 Å². The molecule has 1 fully saturated rings. The first kappa shape index (κ1) is 18.9. The van der Waals surface area contributed by atoms with Crippen LogP contribution in [0.2, 0.25) is 0 Å². The molecule has 0 spiro atoms. The number of hydrogen-bond acceptors (Lipinski definition) is 6. The first-order chi connectivity index (χ1) is 12.2. The lowest BCUT2D eigenvalue weighted by Crippen LogP contribution is -2.42. The maximum atomic E-state index is 12.8. The highest BCUT2D eigenvalue weighted by molar-refractivity contribution is 7.92. The van der Waals surface area contributed by atoms with Crippen LogP contribution in [0, 0.1) is 11.8 Å². The molecule has 10 heteroatoms. The second kappa shape index (κ2) is 7.01. The van der Waals surface area contributed by atoms with E-state index < -0.39 is 20.0 Å². The van der Waals surface area contributed by atoms with Gasteiger partial charge in [0.25, 0.3) is 10.0 Å². The molecule has 1 saturated heterocycles. The summed E-state index contributed by atoms with van der Waals surface area (Å²) in [6.07, 6.45) is 2.24. The molecule has 0 radical (unpaired) electrons. The van der Waals surface area contributed by atoms with Crippen molar-refractivity contribution in [2.45, 2.75) is 30.1 Å². The van der Waals surface area contributed by atoms with Gasteiger partial charge in [-0.1, -0.05) is 19.0 Å². The van der Waals surface area contributed by atoms with Crippen molar-refractivity contribution in [2.75, 3.05) is 17.8 Å². The Hall–Kier alpha value is -1.91. The topological polar surface area (TPSA) is 110 Å². The molecule has 8 nitrogen and oxygen atoms in total. The molecule has 1 N–H and O–H groups in total. The number of nitrogens with zero attached hydrogens (tertiary/aromatic N) is 2. The van der Waals surface area contributed by atoms with Crippen LogP contribution in [0.4, 0.5) is 5.82 Å². The predicted octanol–water partition coefficient (Wildman–Crippen LogP) is 2.14. The standard InChI is InChI=1S/C16H21N3O5S2/c1-12-9-13(2)11-19(10-12)26(22,23)15-5-3-14(4-6-15)25(20,21)18-16-7-8-24-17-16/h3-8,12-13H,9-11H2,1-2H3,(H,17,18)/t12-,13-/m0/s1. The summed E-state index contributed by atoms with van der Waals surface area (Å²) >= 11 is 0. The number of rotatable bonds is 5. The van der Waals surface area contributed by atoms with Gasteiger partial charge >= 0.3 is 0 Å². The zero-order chi connectivity index (χ0) is 18.9. The fourth-order valence-electron chi connectivity index (χ4n) is 3.20. The van der Waals surface area contributed by atoms with E-state index in [1.165, 1.54) is 40.9 Å². The molecule has 142 valence electrons. The van der Waals surface area contributed by atoms with E-state index in [4.69, 9.17) is 0 Å². The van der Waals surface area contributed by atoms with Gasteiger partial charge in [0.05, 0.1) is 9.79 Å². The normalized spacial score (nSPS) is 22.2. The highest BCUT2D eigenvalue weighted by Gasteiger charge is 2.31. The molecular formula is C16H21N3O5S2. The van der Waals surface area contributed by atoms with E-state index in [2.05, 4.69) is 14.4 Å². The molecule has 1 aliphatic heterocycles. The summed E-state index contributed by atoms with van der Waals surface area (Å²) in [6.45, 7) is 5.01. The maximum Gasteiger partial charge on any atom is 0.263 e. The molecule has 1 aromatic carbocycles. The van der Waals surface area contributed by atoms with Gasteiger partial charge in [-0.2, -0.15) is 4.31 Å². The Morgan fingerprint density at radius 3 is 2.12 bits per heavy atom. The molecule has 0 amide bonds. The largest absolute Gasteiger partial charge is 0.363 e. The Kier molecular flexibility index (Phi) is 5.09. The van der Waals surface area contributed by atoms with Gasteiger partial charge in [0.2, 0.25) is 10.0 Å². The van der Waals surface area contributed by atoms with E-state index in [9.17, 15) is 16.8 Å². The quantitative estimate of drug-likeness (QED) is 0.825. The van der Waals surface area contributed by atoms with Crippen molar-refractivity contribution in [1.82, 2.24) is 9.46 Å². The van der Waals surface area contributed by atoms with Crippen molar-refractivity contribution in [1.29, 1.82) is 0 Å². The van der Waals surface area contributed by atoms with Crippen LogP contribution < -0.4 is 4.72 Å². The second-order valence-electron chi connectivity index (χ2n) is 6.73. The summed E-state index contributed by atoms with van der Waals surface area (Å²) < 4.78 is 58.6. The summed E-state index contributed by atoms with van der Waals surface area (Å²) in [5, 5.41) is 3.49. The number of sulfonamides is 2. The lowest BCUT2D eigenvalue weighted by Gasteiger charge is -2.34. The number of nitrogens with one attached hydrogen (secondary N) is 1. The Morgan fingerprint density at radius 2 is 1.58 bits per heavy atom. The van der Waals surface area contributed by atoms with E-state index in [0.29, 0.717) is 24.9 Å². The lowest BCUT2D eigenvalue weighted by atomic mass is 9.94. The average Bonchev–Trinajstić information content (AvgIpc) is 3.06. The van der Waals surface area contributed by atoms with Gasteiger partial charge in [-0.05, 0) is 42.5 Å². The zero-order valence-corrected chi connectivity index (χ0v) is 16.1. The second-order valence-corrected chi connectivity index (χ2v) is 10.3. The van der Waals surface area contributed by atoms with Crippen molar-refractivity contribution < 1.29 is 21.4 Å². The maximum absolute atomic E-state index is 12.8. The minimum absolute atomic E-state index is 0.0537. The Labute approximate surface area is 153 Å². The average molecular weight is 399 g/mol. The molecule has 0 bridgehead atoms. The molecule has 0 saturated carbocycles. The van der Waals surface area contributed by atoms with Gasteiger partial charge < -0.3 is 4.52 Å². The SMILES string of the molecule is C[C@H]1C[C@H](C)CN(S(=O)(=O)c2ccc(S(=O)(=O)Nc3ccon3)cc2)C1. The van der Waals surface area contributed by atoms with Crippen LogP contribution in [0.3, 0.4) is 0 Å². The number of benzene rings is 1. The Balaban J connectivity index is 1.82. The molecule has 2 heterocycles. The third-order valence-corrected chi connectivity index (χ3v) is 7.50. The first-order valence-electron chi connectivity index (χ1n) is 8.22. The van der Waals surface area contributed by atoms with Crippen LogP contribution in [0.15, 0.2) is 50.9 Å². The molecular weight excluding hydrogens is 378 g/mol. The summed E-state index contributed by atoms with van der Waals surface area (Å²) in [5.41, 5.74) is 0. The minimum Gasteiger partial charge on any atom is -0.363 e. The third kappa shape index (κ3) is 3.92. The molecule has 3 rings (SSSR count). The number of aromatic nitrogens is 1. The molecule has 1 aromatic heterocycles. The van der Waals surface area contributed by atoms with Crippen LogP contribution in [-0.4, -0.2) is 39.4 Å². The summed E-state index contributed by atoms with van der Waals surface area (Å²) in [4.78, 5) is 0.0269. The molecule has 0 aliphatic carbocycles.